The summed E-state index contributed by atoms with van der Waals surface area (Å²) in [6.45, 7) is 2.30. The molecule has 0 saturated carbocycles. The number of hydrogen-bond donors (Lipinski definition) is 1. The minimum atomic E-state index is 0.381. The number of rotatable bonds is 3. The van der Waals surface area contributed by atoms with Gasteiger partial charge in [0.25, 0.3) is 0 Å². The smallest absolute Gasteiger partial charge is 0.122 e. The molecule has 0 amide bonds. The molecule has 0 spiro atoms. The molecule has 0 bridgehead atoms. The Hall–Kier alpha value is -0.650. The molecular formula is C15H16BrNOS2. The van der Waals surface area contributed by atoms with Gasteiger partial charge >= 0.3 is 0 Å². The van der Waals surface area contributed by atoms with E-state index in [0.717, 1.165) is 22.3 Å². The van der Waals surface area contributed by atoms with Crippen LogP contribution >= 0.6 is 39.0 Å². The second kappa shape index (κ2) is 6.00. The van der Waals surface area contributed by atoms with Gasteiger partial charge in [0.05, 0.1) is 17.4 Å². The van der Waals surface area contributed by atoms with E-state index >= 15 is 0 Å². The van der Waals surface area contributed by atoms with E-state index in [9.17, 15) is 0 Å². The summed E-state index contributed by atoms with van der Waals surface area (Å²) in [6.07, 6.45) is 1.14. The lowest BCUT2D eigenvalue weighted by molar-refractivity contribution is 0.414. The van der Waals surface area contributed by atoms with Crippen LogP contribution in [0.5, 0.6) is 5.75 Å². The van der Waals surface area contributed by atoms with Gasteiger partial charge in [-0.3, -0.25) is 0 Å². The Kier molecular flexibility index (Phi) is 4.29. The molecule has 1 aliphatic heterocycles. The van der Waals surface area contributed by atoms with Gasteiger partial charge in [0.15, 0.2) is 0 Å². The second-order valence-corrected chi connectivity index (χ2v) is 8.44. The Morgan fingerprint density at radius 2 is 2.20 bits per heavy atom. The maximum absolute atomic E-state index is 5.33. The van der Waals surface area contributed by atoms with Crippen molar-refractivity contribution in [2.24, 2.45) is 0 Å². The quantitative estimate of drug-likeness (QED) is 0.765. The van der Waals surface area contributed by atoms with Gasteiger partial charge in [-0.15, -0.1) is 23.1 Å². The third-order valence-corrected chi connectivity index (χ3v) is 6.16. The molecule has 2 aromatic rings. The van der Waals surface area contributed by atoms with Crippen molar-refractivity contribution in [3.63, 3.8) is 0 Å². The van der Waals surface area contributed by atoms with Crippen LogP contribution in [0.3, 0.4) is 0 Å². The summed E-state index contributed by atoms with van der Waals surface area (Å²) in [4.78, 5) is 0. The van der Waals surface area contributed by atoms with Crippen LogP contribution in [0.1, 0.15) is 24.9 Å². The van der Waals surface area contributed by atoms with Crippen LogP contribution in [0.4, 0.5) is 5.69 Å². The van der Waals surface area contributed by atoms with Gasteiger partial charge in [0.2, 0.25) is 0 Å². The molecule has 1 aromatic heterocycles. The molecule has 1 N–H and O–H groups in total. The van der Waals surface area contributed by atoms with Crippen LogP contribution in [0.25, 0.3) is 0 Å². The predicted octanol–water partition coefficient (Wildman–Crippen LogP) is 5.56. The molecule has 0 radical (unpaired) electrons. The zero-order valence-corrected chi connectivity index (χ0v) is 14.6. The van der Waals surface area contributed by atoms with Crippen molar-refractivity contribution in [3.8, 4) is 5.75 Å². The summed E-state index contributed by atoms with van der Waals surface area (Å²) in [5, 5.41) is 6.48. The van der Waals surface area contributed by atoms with Gasteiger partial charge in [-0.1, -0.05) is 22.9 Å². The molecule has 2 heterocycles. The number of fused-ring (bicyclic) bond motifs is 1. The van der Waals surface area contributed by atoms with Crippen molar-refractivity contribution in [3.05, 3.63) is 39.7 Å². The molecule has 1 unspecified atom stereocenters. The predicted molar refractivity (Wildman–Crippen MR) is 91.3 cm³/mol. The highest BCUT2D eigenvalue weighted by Gasteiger charge is 2.26. The van der Waals surface area contributed by atoms with E-state index in [0.29, 0.717) is 11.3 Å². The zero-order chi connectivity index (χ0) is 14.1. The molecule has 0 fully saturated rings. The van der Waals surface area contributed by atoms with E-state index in [1.807, 2.05) is 35.2 Å². The Bertz CT molecular complexity index is 614. The highest BCUT2D eigenvalue weighted by atomic mass is 79.9. The summed E-state index contributed by atoms with van der Waals surface area (Å²) < 4.78 is 7.81. The molecular weight excluding hydrogens is 354 g/mol. The molecule has 5 heteroatoms. The highest BCUT2D eigenvalue weighted by molar-refractivity contribution is 9.10. The van der Waals surface area contributed by atoms with Crippen LogP contribution in [-0.4, -0.2) is 12.4 Å². The van der Waals surface area contributed by atoms with Crippen molar-refractivity contribution in [2.45, 2.75) is 28.8 Å². The van der Waals surface area contributed by atoms with Crippen LogP contribution in [0, 0.1) is 0 Å². The maximum atomic E-state index is 5.33. The molecule has 0 aliphatic carbocycles. The van der Waals surface area contributed by atoms with Crippen LogP contribution in [-0.2, 0) is 0 Å². The number of thiophene rings is 1. The van der Waals surface area contributed by atoms with Crippen molar-refractivity contribution in [2.75, 3.05) is 12.4 Å². The second-order valence-electron chi connectivity index (χ2n) is 4.90. The van der Waals surface area contributed by atoms with Gasteiger partial charge < -0.3 is 10.1 Å². The van der Waals surface area contributed by atoms with Crippen molar-refractivity contribution < 1.29 is 4.74 Å². The van der Waals surface area contributed by atoms with Crippen molar-refractivity contribution in [1.29, 1.82) is 0 Å². The third-order valence-electron chi connectivity index (χ3n) is 3.36. The average molecular weight is 370 g/mol. The number of hydrogen-bond acceptors (Lipinski definition) is 4. The fourth-order valence-corrected chi connectivity index (χ4v) is 5.49. The minimum Gasteiger partial charge on any atom is -0.497 e. The lowest BCUT2D eigenvalue weighted by Gasteiger charge is -2.28. The van der Waals surface area contributed by atoms with Gasteiger partial charge in [-0.05, 0) is 35.6 Å². The molecule has 2 nitrogen and oxygen atoms in total. The average Bonchev–Trinajstić information content (AvgIpc) is 2.86. The van der Waals surface area contributed by atoms with Crippen LogP contribution in [0.15, 0.2) is 38.3 Å². The Morgan fingerprint density at radius 3 is 3.00 bits per heavy atom. The van der Waals surface area contributed by atoms with E-state index in [1.165, 1.54) is 9.77 Å². The first-order chi connectivity index (χ1) is 9.65. The zero-order valence-electron chi connectivity index (χ0n) is 11.4. The van der Waals surface area contributed by atoms with Gasteiger partial charge in [-0.2, -0.15) is 0 Å². The van der Waals surface area contributed by atoms with Crippen LogP contribution in [0.2, 0.25) is 0 Å². The lowest BCUT2D eigenvalue weighted by Crippen LogP contribution is -2.19. The van der Waals surface area contributed by atoms with E-state index in [-0.39, 0.29) is 0 Å². The molecule has 1 aliphatic rings. The van der Waals surface area contributed by atoms with Crippen molar-refractivity contribution >= 4 is 44.7 Å². The number of ether oxygens (including phenoxy) is 1. The summed E-state index contributed by atoms with van der Waals surface area (Å²) in [6, 6.07) is 8.74. The highest BCUT2D eigenvalue weighted by Crippen LogP contribution is 2.45. The van der Waals surface area contributed by atoms with Gasteiger partial charge in [0.1, 0.15) is 5.75 Å². The summed E-state index contributed by atoms with van der Waals surface area (Å²) in [5.41, 5.74) is 2.52. The molecule has 2 atom stereocenters. The van der Waals surface area contributed by atoms with Gasteiger partial charge in [0, 0.05) is 21.5 Å². The molecule has 3 rings (SSSR count). The number of anilines is 1. The number of thioether (sulfide) groups is 1. The summed E-state index contributed by atoms with van der Waals surface area (Å²) >= 11 is 7.36. The number of nitrogens with one attached hydrogen (secondary N) is 1. The Morgan fingerprint density at radius 1 is 1.35 bits per heavy atom. The molecule has 0 saturated heterocycles. The first-order valence-corrected chi connectivity index (χ1v) is 9.06. The third kappa shape index (κ3) is 3.00. The topological polar surface area (TPSA) is 21.3 Å². The monoisotopic (exact) mass is 369 g/mol. The first-order valence-electron chi connectivity index (χ1n) is 6.51. The van der Waals surface area contributed by atoms with Crippen LogP contribution < -0.4 is 10.1 Å². The minimum absolute atomic E-state index is 0.381. The standard InChI is InChI=1S/C15H16BrNOS2/c1-9-5-14(13-3-4-19-15(13)20-9)17-11-6-10(16)7-12(8-11)18-2/h3-4,6-9,14,17H,5H2,1-2H3/t9-,14?/m0/s1. The normalized spacial score (nSPS) is 21.4. The lowest BCUT2D eigenvalue weighted by atomic mass is 10.0. The Labute approximate surface area is 136 Å². The number of halogens is 1. The fraction of sp³-hybridized carbons (Fsp3) is 0.333. The molecule has 1 aromatic carbocycles. The van der Waals surface area contributed by atoms with Gasteiger partial charge in [-0.25, -0.2) is 0 Å². The summed E-state index contributed by atoms with van der Waals surface area (Å²) in [7, 11) is 1.70. The number of methoxy groups -OCH3 is 1. The molecule has 20 heavy (non-hydrogen) atoms. The Balaban J connectivity index is 1.87. The maximum Gasteiger partial charge on any atom is 0.122 e. The van der Waals surface area contributed by atoms with E-state index in [2.05, 4.69) is 45.7 Å². The molecule has 106 valence electrons. The SMILES string of the molecule is COc1cc(Br)cc(NC2C[C@H](C)Sc3sccc32)c1. The van der Waals surface area contributed by atoms with E-state index < -0.39 is 0 Å². The fourth-order valence-electron chi connectivity index (χ4n) is 2.45. The van der Waals surface area contributed by atoms with E-state index in [4.69, 9.17) is 4.74 Å². The number of benzene rings is 1. The first kappa shape index (κ1) is 14.3. The van der Waals surface area contributed by atoms with E-state index in [1.54, 1.807) is 7.11 Å². The largest absolute Gasteiger partial charge is 0.497 e. The summed E-state index contributed by atoms with van der Waals surface area (Å²) in [5.74, 6) is 0.866. The van der Waals surface area contributed by atoms with Crippen molar-refractivity contribution in [1.82, 2.24) is 0 Å².